The van der Waals surface area contributed by atoms with E-state index in [1.165, 1.54) is 12.3 Å². The second-order valence-electron chi connectivity index (χ2n) is 4.11. The van der Waals surface area contributed by atoms with Gasteiger partial charge >= 0.3 is 0 Å². The van der Waals surface area contributed by atoms with E-state index in [1.807, 2.05) is 11.8 Å². The molecule has 110 valence electrons. The molecule has 2 rings (SSSR count). The van der Waals surface area contributed by atoms with E-state index in [9.17, 15) is 4.79 Å². The summed E-state index contributed by atoms with van der Waals surface area (Å²) in [5.41, 5.74) is 0.480. The lowest BCUT2D eigenvalue weighted by Gasteiger charge is -2.20. The number of hydrogen-bond donors (Lipinski definition) is 1. The van der Waals surface area contributed by atoms with Crippen LogP contribution in [0, 0.1) is 0 Å². The van der Waals surface area contributed by atoms with Crippen LogP contribution in [0.1, 0.15) is 6.92 Å². The molecule has 0 saturated heterocycles. The normalized spacial score (nSPS) is 11.2. The Bertz CT molecular complexity index is 624. The summed E-state index contributed by atoms with van der Waals surface area (Å²) < 4.78 is 11.5. The number of halogens is 1. The lowest BCUT2D eigenvalue weighted by Crippen LogP contribution is -2.26. The Morgan fingerprint density at radius 3 is 2.90 bits per heavy atom. The predicted molar refractivity (Wildman–Crippen MR) is 84.7 cm³/mol. The van der Waals surface area contributed by atoms with Gasteiger partial charge < -0.3 is 18.8 Å². The molecule has 0 aromatic carbocycles. The van der Waals surface area contributed by atoms with E-state index in [1.54, 1.807) is 11.8 Å². The number of furan rings is 1. The number of thioether (sulfide) groups is 1. The van der Waals surface area contributed by atoms with Crippen LogP contribution >= 0.6 is 27.7 Å². The number of rotatable bonds is 7. The fourth-order valence-corrected chi connectivity index (χ4v) is 2.86. The van der Waals surface area contributed by atoms with Crippen molar-refractivity contribution in [3.63, 3.8) is 0 Å². The topological polar surface area (TPSA) is 66.8 Å². The molecule has 2 aromatic heterocycles. The lowest BCUT2D eigenvalue weighted by molar-refractivity contribution is 0.322. The number of anilines is 1. The smallest absolute Gasteiger partial charge is 0.230 e. The molecule has 0 aliphatic carbocycles. The van der Waals surface area contributed by atoms with Gasteiger partial charge in [0.2, 0.25) is 11.0 Å². The molecular weight excluding hydrogens is 346 g/mol. The molecule has 0 aliphatic rings. The van der Waals surface area contributed by atoms with Crippen molar-refractivity contribution >= 4 is 44.7 Å². The molecule has 0 amide bonds. The summed E-state index contributed by atoms with van der Waals surface area (Å²) in [7, 11) is 0. The van der Waals surface area contributed by atoms with Crippen LogP contribution in [0.4, 0.5) is 5.88 Å². The maximum atomic E-state index is 12.0. The van der Waals surface area contributed by atoms with E-state index in [4.69, 9.17) is 13.9 Å². The zero-order valence-electron chi connectivity index (χ0n) is 11.1. The fourth-order valence-electron chi connectivity index (χ4n) is 1.82. The molecule has 0 unspecified atom stereocenters. The SMILES string of the molecule is CCN(CCSCCO)c1cc(=O)c2occ(Br)c2o1. The van der Waals surface area contributed by atoms with Gasteiger partial charge in [0.25, 0.3) is 0 Å². The zero-order valence-corrected chi connectivity index (χ0v) is 13.5. The maximum Gasteiger partial charge on any atom is 0.230 e. The first-order valence-electron chi connectivity index (χ1n) is 6.31. The number of fused-ring (bicyclic) bond motifs is 1. The third kappa shape index (κ3) is 3.39. The molecule has 0 spiro atoms. The molecule has 7 heteroatoms. The van der Waals surface area contributed by atoms with Crippen molar-refractivity contribution in [1.82, 2.24) is 0 Å². The monoisotopic (exact) mass is 361 g/mol. The predicted octanol–water partition coefficient (Wildman–Crippen LogP) is 2.70. The van der Waals surface area contributed by atoms with Crippen molar-refractivity contribution in [2.45, 2.75) is 6.92 Å². The Morgan fingerprint density at radius 2 is 2.20 bits per heavy atom. The average Bonchev–Trinajstić information content (AvgIpc) is 2.81. The highest BCUT2D eigenvalue weighted by Gasteiger charge is 2.15. The third-order valence-electron chi connectivity index (χ3n) is 2.82. The summed E-state index contributed by atoms with van der Waals surface area (Å²) in [4.78, 5) is 14.0. The third-order valence-corrected chi connectivity index (χ3v) is 4.31. The average molecular weight is 362 g/mol. The van der Waals surface area contributed by atoms with Gasteiger partial charge in [-0.1, -0.05) is 0 Å². The van der Waals surface area contributed by atoms with E-state index >= 15 is 0 Å². The molecule has 20 heavy (non-hydrogen) atoms. The summed E-state index contributed by atoms with van der Waals surface area (Å²) in [6.07, 6.45) is 1.45. The summed E-state index contributed by atoms with van der Waals surface area (Å²) >= 11 is 4.97. The van der Waals surface area contributed by atoms with Gasteiger partial charge in [0, 0.05) is 24.6 Å². The second kappa shape index (κ2) is 7.19. The minimum Gasteiger partial charge on any atom is -0.456 e. The van der Waals surface area contributed by atoms with Crippen molar-refractivity contribution < 1.29 is 13.9 Å². The molecule has 0 bridgehead atoms. The maximum absolute atomic E-state index is 12.0. The molecule has 2 aromatic rings. The Balaban J connectivity index is 2.21. The molecular formula is C13H16BrNO4S. The van der Waals surface area contributed by atoms with Crippen LogP contribution in [-0.4, -0.2) is 36.3 Å². The highest BCUT2D eigenvalue weighted by Crippen LogP contribution is 2.27. The molecule has 1 N–H and O–H groups in total. The van der Waals surface area contributed by atoms with E-state index in [2.05, 4.69) is 15.9 Å². The van der Waals surface area contributed by atoms with Crippen LogP contribution in [0.3, 0.4) is 0 Å². The zero-order chi connectivity index (χ0) is 14.5. The van der Waals surface area contributed by atoms with Crippen LogP contribution in [0.15, 0.2) is 30.4 Å². The van der Waals surface area contributed by atoms with Gasteiger partial charge in [0.05, 0.1) is 17.1 Å². The van der Waals surface area contributed by atoms with Gasteiger partial charge in [0.15, 0.2) is 11.5 Å². The van der Waals surface area contributed by atoms with Gasteiger partial charge in [-0.2, -0.15) is 11.8 Å². The van der Waals surface area contributed by atoms with Crippen molar-refractivity contribution in [3.8, 4) is 0 Å². The van der Waals surface area contributed by atoms with Crippen LogP contribution in [-0.2, 0) is 0 Å². The number of aliphatic hydroxyl groups is 1. The summed E-state index contributed by atoms with van der Waals surface area (Å²) in [5, 5.41) is 8.76. The van der Waals surface area contributed by atoms with Gasteiger partial charge in [0.1, 0.15) is 6.26 Å². The molecule has 0 saturated carbocycles. The van der Waals surface area contributed by atoms with Crippen molar-refractivity contribution in [2.75, 3.05) is 36.1 Å². The highest BCUT2D eigenvalue weighted by atomic mass is 79.9. The van der Waals surface area contributed by atoms with Gasteiger partial charge in [-0.25, -0.2) is 0 Å². The Morgan fingerprint density at radius 1 is 1.40 bits per heavy atom. The van der Waals surface area contributed by atoms with Crippen LogP contribution in [0.25, 0.3) is 11.2 Å². The Hall–Kier alpha value is -0.920. The standard InChI is InChI=1S/C13H16BrNO4S/c1-2-15(3-5-20-6-4-16)11-7-10(17)13-12(19-11)9(14)8-18-13/h7-8,16H,2-6H2,1H3. The van der Waals surface area contributed by atoms with Crippen molar-refractivity contribution in [2.24, 2.45) is 0 Å². The second-order valence-corrected chi connectivity index (χ2v) is 6.19. The van der Waals surface area contributed by atoms with Crippen molar-refractivity contribution in [1.29, 1.82) is 0 Å². The molecule has 0 atom stereocenters. The first kappa shape index (κ1) is 15.5. The van der Waals surface area contributed by atoms with E-state index in [0.29, 0.717) is 21.7 Å². The number of nitrogens with zero attached hydrogens (tertiary/aromatic N) is 1. The minimum atomic E-state index is -0.187. The van der Waals surface area contributed by atoms with E-state index in [-0.39, 0.29) is 17.6 Å². The minimum absolute atomic E-state index is 0.180. The fraction of sp³-hybridized carbons (Fsp3) is 0.462. The quantitative estimate of drug-likeness (QED) is 0.764. The molecule has 0 aliphatic heterocycles. The van der Waals surface area contributed by atoms with Gasteiger partial charge in [-0.3, -0.25) is 4.79 Å². The van der Waals surface area contributed by atoms with Crippen LogP contribution in [0.2, 0.25) is 0 Å². The van der Waals surface area contributed by atoms with Crippen LogP contribution in [0.5, 0.6) is 0 Å². The number of aliphatic hydroxyl groups excluding tert-OH is 1. The van der Waals surface area contributed by atoms with E-state index in [0.717, 1.165) is 18.8 Å². The molecule has 0 fully saturated rings. The molecule has 0 radical (unpaired) electrons. The summed E-state index contributed by atoms with van der Waals surface area (Å²) in [6.45, 7) is 3.68. The highest BCUT2D eigenvalue weighted by molar-refractivity contribution is 9.10. The lowest BCUT2D eigenvalue weighted by atomic mass is 10.4. The van der Waals surface area contributed by atoms with Gasteiger partial charge in [-0.05, 0) is 22.9 Å². The Labute approximate surface area is 129 Å². The first-order chi connectivity index (χ1) is 9.67. The summed E-state index contributed by atoms with van der Waals surface area (Å²) in [5.74, 6) is 2.12. The van der Waals surface area contributed by atoms with Crippen molar-refractivity contribution in [3.05, 3.63) is 27.0 Å². The van der Waals surface area contributed by atoms with Gasteiger partial charge in [-0.15, -0.1) is 0 Å². The number of hydrogen-bond acceptors (Lipinski definition) is 6. The Kier molecular flexibility index (Phi) is 5.56. The first-order valence-corrected chi connectivity index (χ1v) is 8.26. The molecule has 2 heterocycles. The summed E-state index contributed by atoms with van der Waals surface area (Å²) in [6, 6.07) is 1.46. The molecule has 5 nitrogen and oxygen atoms in total. The van der Waals surface area contributed by atoms with Crippen LogP contribution < -0.4 is 10.3 Å². The van der Waals surface area contributed by atoms with E-state index < -0.39 is 0 Å². The largest absolute Gasteiger partial charge is 0.456 e.